The summed E-state index contributed by atoms with van der Waals surface area (Å²) in [4.78, 5) is 29.3. The van der Waals surface area contributed by atoms with Gasteiger partial charge in [-0.15, -0.1) is 0 Å². The number of carbonyl (C=O) groups excluding carboxylic acids is 2. The van der Waals surface area contributed by atoms with Gasteiger partial charge in [-0.2, -0.15) is 0 Å². The first-order valence-electron chi connectivity index (χ1n) is 9.80. The minimum Gasteiger partial charge on any atom is -0.507 e. The highest BCUT2D eigenvalue weighted by molar-refractivity contribution is 6.46. The van der Waals surface area contributed by atoms with Gasteiger partial charge < -0.3 is 24.7 Å². The maximum absolute atomic E-state index is 13.0. The van der Waals surface area contributed by atoms with Crippen LogP contribution < -0.4 is 4.74 Å². The van der Waals surface area contributed by atoms with Crippen LogP contribution >= 0.6 is 11.6 Å². The number of amides is 1. The van der Waals surface area contributed by atoms with Crippen molar-refractivity contribution >= 4 is 29.1 Å². The Morgan fingerprint density at radius 2 is 1.84 bits per heavy atom. The lowest BCUT2D eigenvalue weighted by atomic mass is 9.95. The van der Waals surface area contributed by atoms with Gasteiger partial charge in [0.25, 0.3) is 11.7 Å². The Hall–Kier alpha value is -3.03. The molecule has 0 spiro atoms. The van der Waals surface area contributed by atoms with Crippen LogP contribution in [-0.4, -0.2) is 66.0 Å². The molecule has 1 saturated heterocycles. The summed E-state index contributed by atoms with van der Waals surface area (Å²) in [6.07, 6.45) is 0.648. The molecule has 164 valence electrons. The van der Waals surface area contributed by atoms with Crippen LogP contribution in [0.25, 0.3) is 5.76 Å². The number of likely N-dealkylation sites (tertiary alicyclic amines) is 1. The summed E-state index contributed by atoms with van der Waals surface area (Å²) < 4.78 is 5.20. The minimum absolute atomic E-state index is 0.00250. The van der Waals surface area contributed by atoms with Crippen LogP contribution in [0.2, 0.25) is 5.02 Å². The van der Waals surface area contributed by atoms with Crippen LogP contribution in [0.15, 0.2) is 48.0 Å². The van der Waals surface area contributed by atoms with Gasteiger partial charge in [0, 0.05) is 11.6 Å². The molecule has 0 saturated carbocycles. The van der Waals surface area contributed by atoms with E-state index in [0.717, 1.165) is 6.54 Å². The molecule has 0 bridgehead atoms. The Morgan fingerprint density at radius 3 is 2.45 bits per heavy atom. The van der Waals surface area contributed by atoms with Gasteiger partial charge in [-0.3, -0.25) is 9.59 Å². The van der Waals surface area contributed by atoms with E-state index < -0.39 is 23.5 Å². The molecule has 0 radical (unpaired) electrons. The van der Waals surface area contributed by atoms with Crippen LogP contribution in [0.4, 0.5) is 0 Å². The van der Waals surface area contributed by atoms with Crippen molar-refractivity contribution in [2.24, 2.45) is 0 Å². The van der Waals surface area contributed by atoms with Gasteiger partial charge in [-0.25, -0.2) is 0 Å². The number of aromatic hydroxyl groups is 1. The molecule has 31 heavy (non-hydrogen) atoms. The summed E-state index contributed by atoms with van der Waals surface area (Å²) in [5.41, 5.74) is 0.558. The summed E-state index contributed by atoms with van der Waals surface area (Å²) in [5.74, 6) is -1.57. The first-order chi connectivity index (χ1) is 14.7. The highest BCUT2D eigenvalue weighted by atomic mass is 35.5. The number of ether oxygens (including phenoxy) is 1. The Balaban J connectivity index is 2.13. The lowest BCUT2D eigenvalue weighted by Crippen LogP contribution is -2.32. The van der Waals surface area contributed by atoms with Gasteiger partial charge in [0.1, 0.15) is 17.3 Å². The van der Waals surface area contributed by atoms with E-state index in [4.69, 9.17) is 16.3 Å². The van der Waals surface area contributed by atoms with Crippen LogP contribution in [0.3, 0.4) is 0 Å². The number of rotatable bonds is 7. The Labute approximate surface area is 186 Å². The average molecular weight is 445 g/mol. The zero-order chi connectivity index (χ0) is 22.7. The van der Waals surface area contributed by atoms with Crippen molar-refractivity contribution in [1.29, 1.82) is 0 Å². The summed E-state index contributed by atoms with van der Waals surface area (Å²) >= 11 is 6.02. The lowest BCUT2D eigenvalue weighted by molar-refractivity contribution is -0.139. The van der Waals surface area contributed by atoms with Crippen LogP contribution in [0.1, 0.15) is 23.6 Å². The predicted molar refractivity (Wildman–Crippen MR) is 118 cm³/mol. The fourth-order valence-corrected chi connectivity index (χ4v) is 3.82. The number of halogens is 1. The number of phenols is 1. The van der Waals surface area contributed by atoms with Gasteiger partial charge in [-0.1, -0.05) is 23.7 Å². The second kappa shape index (κ2) is 9.41. The summed E-state index contributed by atoms with van der Waals surface area (Å²) in [6.45, 7) is 1.06. The van der Waals surface area contributed by atoms with E-state index in [1.54, 1.807) is 31.4 Å². The molecule has 3 rings (SSSR count). The van der Waals surface area contributed by atoms with E-state index in [1.165, 1.54) is 23.1 Å². The molecule has 1 heterocycles. The molecule has 1 fully saturated rings. The Bertz CT molecular complexity index is 1020. The number of ketones is 1. The van der Waals surface area contributed by atoms with Gasteiger partial charge in [0.05, 0.1) is 24.3 Å². The number of carbonyl (C=O) groups is 2. The number of benzene rings is 2. The number of aliphatic hydroxyl groups is 1. The third-order valence-corrected chi connectivity index (χ3v) is 5.42. The molecule has 0 aromatic heterocycles. The van der Waals surface area contributed by atoms with Crippen molar-refractivity contribution < 1.29 is 24.5 Å². The van der Waals surface area contributed by atoms with Crippen molar-refractivity contribution in [3.05, 3.63) is 64.2 Å². The molecule has 1 unspecified atom stereocenters. The number of Topliss-reactive ketones (excluding diaryl/α,β-unsaturated/α-hetero) is 1. The van der Waals surface area contributed by atoms with Crippen molar-refractivity contribution in [3.8, 4) is 11.5 Å². The van der Waals surface area contributed by atoms with E-state index in [9.17, 15) is 19.8 Å². The molecule has 7 nitrogen and oxygen atoms in total. The minimum atomic E-state index is -0.803. The molecule has 8 heteroatoms. The Kier molecular flexibility index (Phi) is 6.87. The lowest BCUT2D eigenvalue weighted by Gasteiger charge is -2.26. The van der Waals surface area contributed by atoms with Gasteiger partial charge in [-0.05, 0) is 63.0 Å². The maximum Gasteiger partial charge on any atom is 0.295 e. The normalized spacial score (nSPS) is 18.1. The van der Waals surface area contributed by atoms with E-state index in [-0.39, 0.29) is 21.9 Å². The fourth-order valence-electron chi connectivity index (χ4n) is 3.64. The van der Waals surface area contributed by atoms with Crippen molar-refractivity contribution in [2.45, 2.75) is 12.5 Å². The molecule has 2 aromatic carbocycles. The SMILES string of the molecule is COc1ccc(C2/C(=C(\O)c3cc(Cl)ccc3O)C(=O)C(=O)N2CCCN(C)C)cc1. The van der Waals surface area contributed by atoms with Crippen LogP contribution in [-0.2, 0) is 9.59 Å². The Morgan fingerprint density at radius 1 is 1.16 bits per heavy atom. The van der Waals surface area contributed by atoms with E-state index in [2.05, 4.69) is 0 Å². The summed E-state index contributed by atoms with van der Waals surface area (Å²) in [7, 11) is 5.40. The zero-order valence-corrected chi connectivity index (χ0v) is 18.4. The largest absolute Gasteiger partial charge is 0.507 e. The van der Waals surface area contributed by atoms with Crippen molar-refractivity contribution in [3.63, 3.8) is 0 Å². The number of hydrogen-bond donors (Lipinski definition) is 2. The molecule has 1 atom stereocenters. The number of nitrogens with zero attached hydrogens (tertiary/aromatic N) is 2. The molecule has 1 amide bonds. The molecule has 1 aliphatic heterocycles. The highest BCUT2D eigenvalue weighted by Crippen LogP contribution is 2.41. The topological polar surface area (TPSA) is 90.3 Å². The monoisotopic (exact) mass is 444 g/mol. The first kappa shape index (κ1) is 22.7. The van der Waals surface area contributed by atoms with Crippen molar-refractivity contribution in [2.75, 3.05) is 34.3 Å². The third-order valence-electron chi connectivity index (χ3n) is 5.19. The highest BCUT2D eigenvalue weighted by Gasteiger charge is 2.46. The molecule has 1 aliphatic rings. The molecular weight excluding hydrogens is 420 g/mol. The van der Waals surface area contributed by atoms with Crippen molar-refractivity contribution in [1.82, 2.24) is 9.80 Å². The third kappa shape index (κ3) is 4.68. The molecular formula is C23H25ClN2O5. The second-order valence-electron chi connectivity index (χ2n) is 7.58. The summed E-state index contributed by atoms with van der Waals surface area (Å²) in [5, 5.41) is 21.5. The molecule has 2 aromatic rings. The van der Waals surface area contributed by atoms with Gasteiger partial charge in [0.15, 0.2) is 0 Å². The number of phenolic OH excluding ortho intramolecular Hbond substituents is 1. The van der Waals surface area contributed by atoms with Crippen LogP contribution in [0.5, 0.6) is 11.5 Å². The zero-order valence-electron chi connectivity index (χ0n) is 17.6. The summed E-state index contributed by atoms with van der Waals surface area (Å²) in [6, 6.07) is 10.3. The number of aliphatic hydroxyl groups excluding tert-OH is 1. The number of methoxy groups -OCH3 is 1. The quantitative estimate of drug-likeness (QED) is 0.386. The van der Waals surface area contributed by atoms with Gasteiger partial charge >= 0.3 is 0 Å². The standard InChI is InChI=1S/C23H25ClN2O5/c1-25(2)11-4-12-26-20(14-5-8-16(31-3)9-6-14)19(22(29)23(26)30)21(28)17-13-15(24)7-10-18(17)27/h5-10,13,20,27-28H,4,11-12H2,1-3H3/b21-19+. The van der Waals surface area contributed by atoms with E-state index >= 15 is 0 Å². The fraction of sp³-hybridized carbons (Fsp3) is 0.304. The second-order valence-corrected chi connectivity index (χ2v) is 8.02. The van der Waals surface area contributed by atoms with Crippen LogP contribution in [0, 0.1) is 0 Å². The number of hydrogen-bond acceptors (Lipinski definition) is 6. The maximum atomic E-state index is 13.0. The van der Waals surface area contributed by atoms with Gasteiger partial charge in [0.2, 0.25) is 0 Å². The van der Waals surface area contributed by atoms with E-state index in [0.29, 0.717) is 24.3 Å². The van der Waals surface area contributed by atoms with E-state index in [1.807, 2.05) is 19.0 Å². The smallest absolute Gasteiger partial charge is 0.295 e. The average Bonchev–Trinajstić information content (AvgIpc) is 2.99. The molecule has 0 aliphatic carbocycles. The first-order valence-corrected chi connectivity index (χ1v) is 10.2. The molecule has 2 N–H and O–H groups in total. The predicted octanol–water partition coefficient (Wildman–Crippen LogP) is 3.43.